The standard InChI is InChI=1S/C27H32N4O3S/c1-5-30(6-2)24-15-13-23(14-16-24)19-28-29-27(32)20-31(26-17-12-21(3)18-22(26)4)35(33,34)25-10-8-7-9-11-25/h7-19H,5-6,20H2,1-4H3,(H,29,32)/b28-19-. The van der Waals surface area contributed by atoms with E-state index in [0.29, 0.717) is 5.69 Å². The van der Waals surface area contributed by atoms with Crippen molar-refractivity contribution in [3.63, 3.8) is 0 Å². The molecule has 0 spiro atoms. The lowest BCUT2D eigenvalue weighted by molar-refractivity contribution is -0.119. The molecule has 35 heavy (non-hydrogen) atoms. The summed E-state index contributed by atoms with van der Waals surface area (Å²) in [5.74, 6) is -0.541. The highest BCUT2D eigenvalue weighted by atomic mass is 32.2. The van der Waals surface area contributed by atoms with Crippen molar-refractivity contribution in [2.75, 3.05) is 28.8 Å². The van der Waals surface area contributed by atoms with E-state index in [0.717, 1.165) is 39.8 Å². The van der Waals surface area contributed by atoms with Crippen LogP contribution in [-0.2, 0) is 14.8 Å². The van der Waals surface area contributed by atoms with E-state index >= 15 is 0 Å². The van der Waals surface area contributed by atoms with E-state index in [1.807, 2.05) is 50.2 Å². The molecule has 0 aliphatic heterocycles. The molecule has 0 radical (unpaired) electrons. The van der Waals surface area contributed by atoms with Gasteiger partial charge in [0.15, 0.2) is 0 Å². The number of anilines is 2. The molecule has 3 rings (SSSR count). The Morgan fingerprint density at radius 1 is 0.943 bits per heavy atom. The minimum Gasteiger partial charge on any atom is -0.372 e. The summed E-state index contributed by atoms with van der Waals surface area (Å²) < 4.78 is 28.0. The molecule has 3 aromatic carbocycles. The summed E-state index contributed by atoms with van der Waals surface area (Å²) in [6.45, 7) is 9.41. The third kappa shape index (κ3) is 6.48. The fourth-order valence-corrected chi connectivity index (χ4v) is 5.32. The Hall–Kier alpha value is -3.65. The molecule has 0 saturated carbocycles. The third-order valence-corrected chi connectivity index (χ3v) is 7.44. The summed E-state index contributed by atoms with van der Waals surface area (Å²) in [6.07, 6.45) is 1.54. The average molecular weight is 493 g/mol. The van der Waals surface area contributed by atoms with Gasteiger partial charge < -0.3 is 4.90 Å². The molecule has 0 saturated heterocycles. The molecule has 0 aromatic heterocycles. The summed E-state index contributed by atoms with van der Waals surface area (Å²) in [4.78, 5) is 15.1. The van der Waals surface area contributed by atoms with Crippen LogP contribution in [0.1, 0.15) is 30.5 Å². The van der Waals surface area contributed by atoms with Crippen molar-refractivity contribution in [1.29, 1.82) is 0 Å². The number of carbonyl (C=O) groups excluding carboxylic acids is 1. The maximum atomic E-state index is 13.4. The Morgan fingerprint density at radius 3 is 2.20 bits per heavy atom. The molecule has 3 aromatic rings. The molecule has 8 heteroatoms. The van der Waals surface area contributed by atoms with Crippen LogP contribution in [0, 0.1) is 13.8 Å². The summed E-state index contributed by atoms with van der Waals surface area (Å²) >= 11 is 0. The molecule has 1 amide bonds. The number of sulfonamides is 1. The lowest BCUT2D eigenvalue weighted by atomic mass is 10.1. The van der Waals surface area contributed by atoms with Crippen molar-refractivity contribution in [2.24, 2.45) is 5.10 Å². The van der Waals surface area contributed by atoms with E-state index in [1.54, 1.807) is 24.3 Å². The molecular formula is C27H32N4O3S. The van der Waals surface area contributed by atoms with Gasteiger partial charge in [-0.3, -0.25) is 9.10 Å². The van der Waals surface area contributed by atoms with Crippen LogP contribution in [0.2, 0.25) is 0 Å². The Kier molecular flexibility index (Phi) is 8.65. The zero-order valence-corrected chi connectivity index (χ0v) is 21.4. The Labute approximate surface area is 208 Å². The summed E-state index contributed by atoms with van der Waals surface area (Å²) in [5.41, 5.74) is 6.61. The first-order chi connectivity index (χ1) is 16.8. The van der Waals surface area contributed by atoms with Crippen LogP contribution in [0.3, 0.4) is 0 Å². The largest absolute Gasteiger partial charge is 0.372 e. The molecule has 0 atom stereocenters. The third-order valence-electron chi connectivity index (χ3n) is 5.66. The highest BCUT2D eigenvalue weighted by Crippen LogP contribution is 2.27. The Balaban J connectivity index is 1.78. The first kappa shape index (κ1) is 26.0. The molecule has 0 aliphatic rings. The van der Waals surface area contributed by atoms with Gasteiger partial charge in [-0.15, -0.1) is 0 Å². The molecule has 0 heterocycles. The second-order valence-electron chi connectivity index (χ2n) is 8.17. The summed E-state index contributed by atoms with van der Waals surface area (Å²) in [7, 11) is -3.96. The first-order valence-electron chi connectivity index (χ1n) is 11.6. The van der Waals surface area contributed by atoms with E-state index < -0.39 is 22.5 Å². The molecular weight excluding hydrogens is 460 g/mol. The van der Waals surface area contributed by atoms with E-state index in [4.69, 9.17) is 0 Å². The lowest BCUT2D eigenvalue weighted by Crippen LogP contribution is -2.40. The van der Waals surface area contributed by atoms with Gasteiger partial charge in [0.25, 0.3) is 15.9 Å². The molecule has 1 N–H and O–H groups in total. The number of amides is 1. The molecule has 0 bridgehead atoms. The highest BCUT2D eigenvalue weighted by molar-refractivity contribution is 7.92. The normalized spacial score (nSPS) is 11.4. The Bertz CT molecular complexity index is 1270. The van der Waals surface area contributed by atoms with Gasteiger partial charge in [-0.2, -0.15) is 5.10 Å². The van der Waals surface area contributed by atoms with E-state index in [9.17, 15) is 13.2 Å². The van der Waals surface area contributed by atoms with Crippen molar-refractivity contribution in [2.45, 2.75) is 32.6 Å². The van der Waals surface area contributed by atoms with Gasteiger partial charge >= 0.3 is 0 Å². The molecule has 0 aliphatic carbocycles. The van der Waals surface area contributed by atoms with Gasteiger partial charge in [0, 0.05) is 18.8 Å². The summed E-state index contributed by atoms with van der Waals surface area (Å²) in [6, 6.07) is 21.4. The summed E-state index contributed by atoms with van der Waals surface area (Å²) in [5, 5.41) is 4.03. The van der Waals surface area contributed by atoms with Crippen molar-refractivity contribution < 1.29 is 13.2 Å². The Morgan fingerprint density at radius 2 is 1.60 bits per heavy atom. The van der Waals surface area contributed by atoms with Gasteiger partial charge in [-0.25, -0.2) is 13.8 Å². The second-order valence-corrected chi connectivity index (χ2v) is 10.0. The van der Waals surface area contributed by atoms with Crippen molar-refractivity contribution in [3.8, 4) is 0 Å². The van der Waals surface area contributed by atoms with Crippen LogP contribution < -0.4 is 14.6 Å². The van der Waals surface area contributed by atoms with Crippen LogP contribution >= 0.6 is 0 Å². The van der Waals surface area contributed by atoms with Crippen LogP contribution in [-0.4, -0.2) is 40.2 Å². The predicted octanol–water partition coefficient (Wildman–Crippen LogP) is 4.50. The topological polar surface area (TPSA) is 82.1 Å². The van der Waals surface area contributed by atoms with Gasteiger partial charge in [-0.1, -0.05) is 48.0 Å². The van der Waals surface area contributed by atoms with Crippen LogP contribution in [0.15, 0.2) is 82.8 Å². The number of rotatable bonds is 10. The van der Waals surface area contributed by atoms with Gasteiger partial charge in [0.2, 0.25) is 0 Å². The van der Waals surface area contributed by atoms with Crippen LogP contribution in [0.25, 0.3) is 0 Å². The number of hydrazone groups is 1. The van der Waals surface area contributed by atoms with Gasteiger partial charge in [0.05, 0.1) is 16.8 Å². The van der Waals surface area contributed by atoms with Crippen LogP contribution in [0.4, 0.5) is 11.4 Å². The van der Waals surface area contributed by atoms with Crippen molar-refractivity contribution >= 4 is 33.5 Å². The number of nitrogens with zero attached hydrogens (tertiary/aromatic N) is 3. The zero-order valence-electron chi connectivity index (χ0n) is 20.6. The monoisotopic (exact) mass is 492 g/mol. The van der Waals surface area contributed by atoms with E-state index in [2.05, 4.69) is 29.3 Å². The van der Waals surface area contributed by atoms with Gasteiger partial charge in [-0.05, 0) is 69.2 Å². The minimum atomic E-state index is -3.96. The number of nitrogens with one attached hydrogen (secondary N) is 1. The number of hydrogen-bond donors (Lipinski definition) is 1. The fourth-order valence-electron chi connectivity index (χ4n) is 3.81. The quantitative estimate of drug-likeness (QED) is 0.334. The first-order valence-corrected chi connectivity index (χ1v) is 13.0. The number of carbonyl (C=O) groups is 1. The van der Waals surface area contributed by atoms with E-state index in [-0.39, 0.29) is 4.90 Å². The average Bonchev–Trinajstić information content (AvgIpc) is 2.85. The maximum Gasteiger partial charge on any atom is 0.264 e. The zero-order chi connectivity index (χ0) is 25.4. The maximum absolute atomic E-state index is 13.4. The smallest absolute Gasteiger partial charge is 0.264 e. The number of hydrogen-bond acceptors (Lipinski definition) is 5. The molecule has 7 nitrogen and oxygen atoms in total. The van der Waals surface area contributed by atoms with Gasteiger partial charge in [0.1, 0.15) is 6.54 Å². The second kappa shape index (κ2) is 11.7. The highest BCUT2D eigenvalue weighted by Gasteiger charge is 2.28. The predicted molar refractivity (Wildman–Crippen MR) is 143 cm³/mol. The number of benzene rings is 3. The van der Waals surface area contributed by atoms with Crippen molar-refractivity contribution in [3.05, 3.63) is 89.5 Å². The molecule has 0 fully saturated rings. The minimum absolute atomic E-state index is 0.115. The molecule has 184 valence electrons. The fraction of sp³-hybridized carbons (Fsp3) is 0.259. The van der Waals surface area contributed by atoms with Crippen molar-refractivity contribution in [1.82, 2.24) is 5.43 Å². The van der Waals surface area contributed by atoms with Crippen LogP contribution in [0.5, 0.6) is 0 Å². The lowest BCUT2D eigenvalue weighted by Gasteiger charge is -2.25. The number of aryl methyl sites for hydroxylation is 2. The molecule has 0 unspecified atom stereocenters. The SMILES string of the molecule is CCN(CC)c1ccc(/C=N\NC(=O)CN(c2ccc(C)cc2C)S(=O)(=O)c2ccccc2)cc1. The van der Waals surface area contributed by atoms with E-state index in [1.165, 1.54) is 18.3 Å².